The van der Waals surface area contributed by atoms with Gasteiger partial charge in [-0.3, -0.25) is 4.57 Å². The van der Waals surface area contributed by atoms with Gasteiger partial charge in [-0.2, -0.15) is 0 Å². The highest BCUT2D eigenvalue weighted by atomic mass is 31.2. The first-order valence-electron chi connectivity index (χ1n) is 4.77. The predicted molar refractivity (Wildman–Crippen MR) is 54.9 cm³/mol. The first-order chi connectivity index (χ1) is 7.81. The SMILES string of the molecule is C=CCOP(=O)(O)C(O)[C@H]1OC(O)[C@@H](O)[C@@H]1O. The quantitative estimate of drug-likeness (QED) is 0.289. The molecule has 0 saturated carbocycles. The summed E-state index contributed by atoms with van der Waals surface area (Å²) in [6, 6.07) is 0. The summed E-state index contributed by atoms with van der Waals surface area (Å²) in [6.07, 6.45) is -5.49. The molecular formula is C8H15O8P. The van der Waals surface area contributed by atoms with Crippen LogP contribution in [0, 0.1) is 0 Å². The second-order valence-corrected chi connectivity index (χ2v) is 5.45. The summed E-state index contributed by atoms with van der Waals surface area (Å²) in [5, 5.41) is 37.1. The molecular weight excluding hydrogens is 255 g/mol. The molecule has 100 valence electrons. The molecule has 0 spiro atoms. The number of hydrogen-bond acceptors (Lipinski definition) is 7. The molecule has 1 aliphatic rings. The van der Waals surface area contributed by atoms with Crippen LogP contribution in [0.3, 0.4) is 0 Å². The fraction of sp³-hybridized carbons (Fsp3) is 0.750. The van der Waals surface area contributed by atoms with Gasteiger partial charge in [0, 0.05) is 0 Å². The molecule has 17 heavy (non-hydrogen) atoms. The third-order valence-corrected chi connectivity index (χ3v) is 3.76. The van der Waals surface area contributed by atoms with E-state index in [2.05, 4.69) is 15.8 Å². The van der Waals surface area contributed by atoms with E-state index < -0.39 is 38.0 Å². The molecule has 1 fully saturated rings. The van der Waals surface area contributed by atoms with Gasteiger partial charge in [-0.25, -0.2) is 0 Å². The molecule has 8 nitrogen and oxygen atoms in total. The largest absolute Gasteiger partial charge is 0.387 e. The van der Waals surface area contributed by atoms with E-state index in [1.807, 2.05) is 0 Å². The lowest BCUT2D eigenvalue weighted by atomic mass is 10.1. The molecule has 6 atom stereocenters. The molecule has 0 aromatic heterocycles. The van der Waals surface area contributed by atoms with Crippen LogP contribution in [-0.2, 0) is 13.8 Å². The zero-order chi connectivity index (χ0) is 13.2. The molecule has 0 radical (unpaired) electrons. The topological polar surface area (TPSA) is 137 Å². The van der Waals surface area contributed by atoms with Crippen LogP contribution in [0.15, 0.2) is 12.7 Å². The number of aliphatic hydroxyl groups excluding tert-OH is 4. The monoisotopic (exact) mass is 270 g/mol. The molecule has 1 aliphatic heterocycles. The molecule has 0 amide bonds. The lowest BCUT2D eigenvalue weighted by molar-refractivity contribution is -0.138. The summed E-state index contributed by atoms with van der Waals surface area (Å²) >= 11 is 0. The summed E-state index contributed by atoms with van der Waals surface area (Å²) in [4.78, 5) is 9.35. The Balaban J connectivity index is 2.73. The predicted octanol–water partition coefficient (Wildman–Crippen LogP) is -1.87. The lowest BCUT2D eigenvalue weighted by Crippen LogP contribution is -2.39. The highest BCUT2D eigenvalue weighted by molar-refractivity contribution is 7.53. The fourth-order valence-electron chi connectivity index (χ4n) is 1.35. The van der Waals surface area contributed by atoms with E-state index >= 15 is 0 Å². The van der Waals surface area contributed by atoms with Gasteiger partial charge in [-0.15, -0.1) is 6.58 Å². The van der Waals surface area contributed by atoms with Gasteiger partial charge in [-0.05, 0) is 0 Å². The average molecular weight is 270 g/mol. The Morgan fingerprint density at radius 1 is 1.41 bits per heavy atom. The van der Waals surface area contributed by atoms with Crippen LogP contribution >= 0.6 is 7.60 Å². The lowest BCUT2D eigenvalue weighted by Gasteiger charge is -2.24. The first kappa shape index (κ1) is 14.7. The maximum atomic E-state index is 11.5. The van der Waals surface area contributed by atoms with E-state index in [0.717, 1.165) is 0 Å². The Hall–Kier alpha value is -0.310. The van der Waals surface area contributed by atoms with Gasteiger partial charge < -0.3 is 34.6 Å². The van der Waals surface area contributed by atoms with E-state index in [9.17, 15) is 19.7 Å². The number of aliphatic hydroxyl groups is 4. The highest BCUT2D eigenvalue weighted by Gasteiger charge is 2.51. The van der Waals surface area contributed by atoms with E-state index in [0.29, 0.717) is 0 Å². The summed E-state index contributed by atoms with van der Waals surface area (Å²) < 4.78 is 20.5. The summed E-state index contributed by atoms with van der Waals surface area (Å²) in [5.41, 5.74) is 0. The third kappa shape index (κ3) is 3.12. The summed E-state index contributed by atoms with van der Waals surface area (Å²) in [5.74, 6) is -2.08. The highest BCUT2D eigenvalue weighted by Crippen LogP contribution is 2.49. The Kier molecular flexibility index (Phi) is 4.82. The van der Waals surface area contributed by atoms with Crippen molar-refractivity contribution in [1.29, 1.82) is 0 Å². The molecule has 1 saturated heterocycles. The minimum Gasteiger partial charge on any atom is -0.387 e. The second-order valence-electron chi connectivity index (χ2n) is 3.53. The molecule has 1 rings (SSSR count). The minimum absolute atomic E-state index is 0.279. The van der Waals surface area contributed by atoms with Crippen LogP contribution < -0.4 is 0 Å². The fourth-order valence-corrected chi connectivity index (χ4v) is 2.44. The van der Waals surface area contributed by atoms with Crippen molar-refractivity contribution >= 4 is 7.60 Å². The smallest absolute Gasteiger partial charge is 0.359 e. The summed E-state index contributed by atoms with van der Waals surface area (Å²) in [7, 11) is -4.46. The van der Waals surface area contributed by atoms with Crippen molar-refractivity contribution in [2.75, 3.05) is 6.61 Å². The number of rotatable bonds is 5. The molecule has 3 unspecified atom stereocenters. The zero-order valence-electron chi connectivity index (χ0n) is 8.79. The van der Waals surface area contributed by atoms with Crippen LogP contribution in [-0.4, -0.2) is 62.4 Å². The van der Waals surface area contributed by atoms with Crippen LogP contribution in [0.2, 0.25) is 0 Å². The van der Waals surface area contributed by atoms with Gasteiger partial charge >= 0.3 is 7.60 Å². The first-order valence-corrected chi connectivity index (χ1v) is 6.41. The average Bonchev–Trinajstić information content (AvgIpc) is 2.53. The van der Waals surface area contributed by atoms with Crippen molar-refractivity contribution in [3.05, 3.63) is 12.7 Å². The number of ether oxygens (including phenoxy) is 1. The third-order valence-electron chi connectivity index (χ3n) is 2.28. The van der Waals surface area contributed by atoms with Crippen molar-refractivity contribution < 1.29 is 39.1 Å². The molecule has 9 heteroatoms. The zero-order valence-corrected chi connectivity index (χ0v) is 9.68. The van der Waals surface area contributed by atoms with Gasteiger partial charge in [0.15, 0.2) is 12.1 Å². The Labute approximate surface area is 97.3 Å². The van der Waals surface area contributed by atoms with E-state index in [1.54, 1.807) is 0 Å². The van der Waals surface area contributed by atoms with Crippen LogP contribution in [0.5, 0.6) is 0 Å². The second kappa shape index (κ2) is 5.55. The minimum atomic E-state index is -4.46. The van der Waals surface area contributed by atoms with E-state index in [-0.39, 0.29) is 6.61 Å². The summed E-state index contributed by atoms with van der Waals surface area (Å²) in [6.45, 7) is 2.98. The molecule has 0 aliphatic carbocycles. The molecule has 5 N–H and O–H groups in total. The maximum absolute atomic E-state index is 11.5. The standard InChI is InChI=1S/C8H15O8P/c1-2-3-15-17(13,14)8(12)6-4(9)5(10)7(11)16-6/h2,4-12H,1,3H2,(H,13,14)/t4-,5-,6-,7?,8?/m0/s1. The van der Waals surface area contributed by atoms with Crippen LogP contribution in [0.4, 0.5) is 0 Å². The van der Waals surface area contributed by atoms with E-state index in [4.69, 9.17) is 10.2 Å². The van der Waals surface area contributed by atoms with Crippen molar-refractivity contribution in [2.45, 2.75) is 30.4 Å². The number of hydrogen-bond donors (Lipinski definition) is 5. The van der Waals surface area contributed by atoms with Crippen LogP contribution in [0.1, 0.15) is 0 Å². The Morgan fingerprint density at radius 2 is 2.00 bits per heavy atom. The van der Waals surface area contributed by atoms with Crippen molar-refractivity contribution in [3.63, 3.8) is 0 Å². The van der Waals surface area contributed by atoms with Crippen LogP contribution in [0.25, 0.3) is 0 Å². The van der Waals surface area contributed by atoms with Gasteiger partial charge in [0.05, 0.1) is 6.61 Å². The maximum Gasteiger partial charge on any atom is 0.359 e. The van der Waals surface area contributed by atoms with Gasteiger partial charge in [0.2, 0.25) is 0 Å². The van der Waals surface area contributed by atoms with Gasteiger partial charge in [-0.1, -0.05) is 6.08 Å². The molecule has 0 aromatic carbocycles. The van der Waals surface area contributed by atoms with Crippen molar-refractivity contribution in [2.24, 2.45) is 0 Å². The van der Waals surface area contributed by atoms with Crippen molar-refractivity contribution in [1.82, 2.24) is 0 Å². The normalized spacial score (nSPS) is 38.6. The molecule has 0 bridgehead atoms. The van der Waals surface area contributed by atoms with Gasteiger partial charge in [0.25, 0.3) is 0 Å². The van der Waals surface area contributed by atoms with Gasteiger partial charge in [0.1, 0.15) is 18.3 Å². The molecule has 1 heterocycles. The Morgan fingerprint density at radius 3 is 2.41 bits per heavy atom. The van der Waals surface area contributed by atoms with Crippen molar-refractivity contribution in [3.8, 4) is 0 Å². The van der Waals surface area contributed by atoms with E-state index in [1.165, 1.54) is 6.08 Å². The molecule has 0 aromatic rings. The Bertz CT molecular complexity index is 321.